The van der Waals surface area contributed by atoms with Crippen LogP contribution in [-0.4, -0.2) is 18.6 Å². The van der Waals surface area contributed by atoms with Crippen LogP contribution in [0, 0.1) is 6.92 Å². The Hall–Kier alpha value is -1.51. The minimum absolute atomic E-state index is 0.0222. The van der Waals surface area contributed by atoms with E-state index in [4.69, 9.17) is 4.74 Å². The molecule has 1 N–H and O–H groups in total. The molecule has 3 nitrogen and oxygen atoms in total. The van der Waals surface area contributed by atoms with Crippen LogP contribution >= 0.6 is 0 Å². The number of aryl methyl sites for hydroxylation is 1. The molecule has 0 atom stereocenters. The van der Waals surface area contributed by atoms with Gasteiger partial charge in [-0.3, -0.25) is 4.79 Å². The van der Waals surface area contributed by atoms with Crippen molar-refractivity contribution in [2.45, 2.75) is 40.2 Å². The van der Waals surface area contributed by atoms with Gasteiger partial charge in [-0.15, -0.1) is 0 Å². The summed E-state index contributed by atoms with van der Waals surface area (Å²) in [4.78, 5) is 11.7. The topological polar surface area (TPSA) is 38.3 Å². The van der Waals surface area contributed by atoms with Crippen LogP contribution in [0.15, 0.2) is 18.2 Å². The van der Waals surface area contributed by atoms with E-state index in [1.54, 1.807) is 6.07 Å². The fourth-order valence-corrected chi connectivity index (χ4v) is 1.52. The molecule has 0 spiro atoms. The molecule has 0 aromatic heterocycles. The van der Waals surface area contributed by atoms with Gasteiger partial charge in [-0.05, 0) is 51.0 Å². The molecule has 1 rings (SSSR count). The van der Waals surface area contributed by atoms with Gasteiger partial charge in [-0.2, -0.15) is 0 Å². The normalized spacial score (nSPS) is 10.4. The third-order valence-electron chi connectivity index (χ3n) is 2.34. The van der Waals surface area contributed by atoms with Gasteiger partial charge in [0.25, 0.3) is 5.91 Å². The number of benzene rings is 1. The Morgan fingerprint density at radius 1 is 1.41 bits per heavy atom. The van der Waals surface area contributed by atoms with Crippen LogP contribution < -0.4 is 10.1 Å². The molecule has 1 amide bonds. The molecular weight excluding hydrogens is 214 g/mol. The fourth-order valence-electron chi connectivity index (χ4n) is 1.52. The summed E-state index contributed by atoms with van der Waals surface area (Å²) in [5.74, 6) is 0.818. The maximum absolute atomic E-state index is 11.7. The number of hydrogen-bond donors (Lipinski definition) is 1. The number of nitrogens with one attached hydrogen (secondary N) is 1. The molecule has 1 aromatic rings. The minimum Gasteiger partial charge on any atom is -0.491 e. The van der Waals surface area contributed by atoms with Gasteiger partial charge in [-0.25, -0.2) is 0 Å². The minimum atomic E-state index is -0.0222. The van der Waals surface area contributed by atoms with Crippen molar-refractivity contribution in [2.24, 2.45) is 0 Å². The first-order valence-electron chi connectivity index (χ1n) is 6.10. The maximum Gasteiger partial charge on any atom is 0.251 e. The molecule has 0 bridgehead atoms. The zero-order chi connectivity index (χ0) is 12.8. The van der Waals surface area contributed by atoms with Crippen molar-refractivity contribution in [3.63, 3.8) is 0 Å². The van der Waals surface area contributed by atoms with Crippen LogP contribution in [0.3, 0.4) is 0 Å². The van der Waals surface area contributed by atoms with Crippen molar-refractivity contribution < 1.29 is 9.53 Å². The monoisotopic (exact) mass is 235 g/mol. The smallest absolute Gasteiger partial charge is 0.251 e. The van der Waals surface area contributed by atoms with Crippen molar-refractivity contribution in [3.05, 3.63) is 29.3 Å². The first kappa shape index (κ1) is 13.6. The van der Waals surface area contributed by atoms with Gasteiger partial charge in [0.15, 0.2) is 0 Å². The molecule has 17 heavy (non-hydrogen) atoms. The van der Waals surface area contributed by atoms with Gasteiger partial charge in [0, 0.05) is 12.1 Å². The van der Waals surface area contributed by atoms with Crippen molar-refractivity contribution >= 4 is 5.91 Å². The Kier molecular flexibility index (Phi) is 5.01. The van der Waals surface area contributed by atoms with Gasteiger partial charge in [0.2, 0.25) is 0 Å². The van der Waals surface area contributed by atoms with Gasteiger partial charge in [0.1, 0.15) is 5.75 Å². The lowest BCUT2D eigenvalue weighted by atomic mass is 10.1. The van der Waals surface area contributed by atoms with Crippen molar-refractivity contribution in [1.82, 2.24) is 5.32 Å². The van der Waals surface area contributed by atoms with Crippen LogP contribution in [0.2, 0.25) is 0 Å². The average molecular weight is 235 g/mol. The highest BCUT2D eigenvalue weighted by Gasteiger charge is 2.08. The predicted octanol–water partition coefficient (Wildman–Crippen LogP) is 2.92. The number of carbonyl (C=O) groups excluding carboxylic acids is 1. The first-order chi connectivity index (χ1) is 8.04. The van der Waals surface area contributed by atoms with E-state index < -0.39 is 0 Å². The summed E-state index contributed by atoms with van der Waals surface area (Å²) in [6.07, 6.45) is 1.09. The quantitative estimate of drug-likeness (QED) is 0.852. The lowest BCUT2D eigenvalue weighted by Crippen LogP contribution is -2.24. The highest BCUT2D eigenvalue weighted by atomic mass is 16.5. The van der Waals surface area contributed by atoms with E-state index in [1.807, 2.05) is 39.8 Å². The number of rotatable bonds is 5. The van der Waals surface area contributed by atoms with Crippen LogP contribution in [0.5, 0.6) is 5.75 Å². The summed E-state index contributed by atoms with van der Waals surface area (Å²) >= 11 is 0. The Morgan fingerprint density at radius 2 is 2.12 bits per heavy atom. The molecule has 0 aliphatic heterocycles. The third kappa shape index (κ3) is 4.10. The van der Waals surface area contributed by atoms with Gasteiger partial charge >= 0.3 is 0 Å². The Labute approximate surface area is 103 Å². The van der Waals surface area contributed by atoms with E-state index in [-0.39, 0.29) is 12.0 Å². The second kappa shape index (κ2) is 6.28. The van der Waals surface area contributed by atoms with Gasteiger partial charge in [0.05, 0.1) is 6.10 Å². The van der Waals surface area contributed by atoms with Crippen LogP contribution in [0.1, 0.15) is 43.1 Å². The Bertz CT molecular complexity index is 386. The average Bonchev–Trinajstić information content (AvgIpc) is 2.28. The van der Waals surface area contributed by atoms with Crippen LogP contribution in [-0.2, 0) is 0 Å². The van der Waals surface area contributed by atoms with E-state index in [1.165, 1.54) is 0 Å². The summed E-state index contributed by atoms with van der Waals surface area (Å²) in [5, 5.41) is 2.86. The molecule has 0 saturated carbocycles. The number of ether oxygens (including phenoxy) is 1. The molecule has 94 valence electrons. The van der Waals surface area contributed by atoms with Gasteiger partial charge < -0.3 is 10.1 Å². The summed E-state index contributed by atoms with van der Waals surface area (Å²) in [7, 11) is 0. The van der Waals surface area contributed by atoms with E-state index in [9.17, 15) is 4.79 Å². The van der Waals surface area contributed by atoms with Crippen LogP contribution in [0.25, 0.3) is 0 Å². The van der Waals surface area contributed by atoms with Crippen molar-refractivity contribution in [2.75, 3.05) is 6.54 Å². The number of carbonyl (C=O) groups is 1. The SMILES string of the molecule is CCCNC(=O)c1ccc(OC(C)C)c(C)c1. The molecule has 1 aromatic carbocycles. The van der Waals surface area contributed by atoms with Crippen molar-refractivity contribution in [1.29, 1.82) is 0 Å². The summed E-state index contributed by atoms with van der Waals surface area (Å²) in [5.41, 5.74) is 1.68. The molecule has 0 aliphatic carbocycles. The lowest BCUT2D eigenvalue weighted by Gasteiger charge is -2.13. The highest BCUT2D eigenvalue weighted by Crippen LogP contribution is 2.20. The zero-order valence-corrected chi connectivity index (χ0v) is 11.0. The summed E-state index contributed by atoms with van der Waals surface area (Å²) in [6.45, 7) is 8.67. The highest BCUT2D eigenvalue weighted by molar-refractivity contribution is 5.94. The van der Waals surface area contributed by atoms with E-state index in [0.29, 0.717) is 12.1 Å². The maximum atomic E-state index is 11.7. The molecule has 0 heterocycles. The van der Waals surface area contributed by atoms with Gasteiger partial charge in [-0.1, -0.05) is 6.92 Å². The molecule has 0 fully saturated rings. The van der Waals surface area contributed by atoms with Crippen LogP contribution in [0.4, 0.5) is 0 Å². The predicted molar refractivity (Wildman–Crippen MR) is 69.6 cm³/mol. The number of amides is 1. The van der Waals surface area contributed by atoms with E-state index >= 15 is 0 Å². The molecule has 0 saturated heterocycles. The second-order valence-corrected chi connectivity index (χ2v) is 4.40. The molecule has 0 aliphatic rings. The Balaban J connectivity index is 2.77. The van der Waals surface area contributed by atoms with E-state index in [2.05, 4.69) is 5.32 Å². The fraction of sp³-hybridized carbons (Fsp3) is 0.500. The summed E-state index contributed by atoms with van der Waals surface area (Å²) < 4.78 is 5.63. The second-order valence-electron chi connectivity index (χ2n) is 4.40. The van der Waals surface area contributed by atoms with E-state index in [0.717, 1.165) is 17.7 Å². The number of hydrogen-bond acceptors (Lipinski definition) is 2. The molecule has 3 heteroatoms. The Morgan fingerprint density at radius 3 is 2.65 bits per heavy atom. The summed E-state index contributed by atoms with van der Waals surface area (Å²) in [6, 6.07) is 5.52. The largest absolute Gasteiger partial charge is 0.491 e. The zero-order valence-electron chi connectivity index (χ0n) is 11.0. The van der Waals surface area contributed by atoms with Crippen molar-refractivity contribution in [3.8, 4) is 5.75 Å². The first-order valence-corrected chi connectivity index (χ1v) is 6.10. The lowest BCUT2D eigenvalue weighted by molar-refractivity contribution is 0.0953. The standard InChI is InChI=1S/C14H21NO2/c1-5-8-15-14(16)12-6-7-13(11(4)9-12)17-10(2)3/h6-7,9-10H,5,8H2,1-4H3,(H,15,16). The molecule has 0 radical (unpaired) electrons. The molecular formula is C14H21NO2. The molecule has 0 unspecified atom stereocenters. The third-order valence-corrected chi connectivity index (χ3v) is 2.34.